The van der Waals surface area contributed by atoms with E-state index in [2.05, 4.69) is 10.3 Å². The van der Waals surface area contributed by atoms with Crippen LogP contribution in [0.15, 0.2) is 60.8 Å². The van der Waals surface area contributed by atoms with Crippen molar-refractivity contribution in [1.82, 2.24) is 10.3 Å². The van der Waals surface area contributed by atoms with Crippen molar-refractivity contribution in [3.05, 3.63) is 83.8 Å². The van der Waals surface area contributed by atoms with Crippen LogP contribution >= 0.6 is 0 Å². The summed E-state index contributed by atoms with van der Waals surface area (Å²) in [7, 11) is 3.00. The molecule has 0 spiro atoms. The highest BCUT2D eigenvalue weighted by molar-refractivity contribution is 6.01. The molecule has 1 aromatic heterocycles. The fourth-order valence-electron chi connectivity index (χ4n) is 3.49. The predicted octanol–water partition coefficient (Wildman–Crippen LogP) is 5.35. The Bertz CT molecular complexity index is 1500. The number of imide groups is 1. The standard InChI is InChI=1S/C26H20F3N3O5/c1-35-23-12-17-21(13-24(23)36-2)30-8-7-22(17)37-16-5-6-20(19(29)11-16)31-26(34)32-25(33)9-14-3-4-15(27)10-18(14)28/h3-8,10-13H,9H2,1-2H3,(H2,31,32,33,34). The number of carbonyl (C=O) groups is 2. The zero-order chi connectivity index (χ0) is 26.5. The molecule has 4 aromatic rings. The SMILES string of the molecule is COc1cc2nccc(Oc3ccc(NC(=O)NC(=O)Cc4ccc(F)cc4F)c(F)c3)c2cc1OC. The highest BCUT2D eigenvalue weighted by Gasteiger charge is 2.15. The predicted molar refractivity (Wildman–Crippen MR) is 129 cm³/mol. The second kappa shape index (κ2) is 10.9. The number of ether oxygens (including phenoxy) is 3. The summed E-state index contributed by atoms with van der Waals surface area (Å²) in [5, 5.41) is 4.76. The van der Waals surface area contributed by atoms with Crippen LogP contribution in [-0.4, -0.2) is 31.1 Å². The van der Waals surface area contributed by atoms with Gasteiger partial charge in [0.15, 0.2) is 11.5 Å². The summed E-state index contributed by atoms with van der Waals surface area (Å²) < 4.78 is 57.8. The molecule has 0 aliphatic heterocycles. The molecule has 0 atom stereocenters. The number of pyridine rings is 1. The van der Waals surface area contributed by atoms with Gasteiger partial charge in [-0.25, -0.2) is 18.0 Å². The molecule has 0 bridgehead atoms. The van der Waals surface area contributed by atoms with Crippen LogP contribution in [0.2, 0.25) is 0 Å². The van der Waals surface area contributed by atoms with Gasteiger partial charge in [-0.1, -0.05) is 6.07 Å². The van der Waals surface area contributed by atoms with Crippen molar-refractivity contribution in [2.45, 2.75) is 6.42 Å². The van der Waals surface area contributed by atoms with Gasteiger partial charge in [-0.15, -0.1) is 0 Å². The molecule has 190 valence electrons. The Labute approximate surface area is 209 Å². The Morgan fingerprint density at radius 1 is 0.865 bits per heavy atom. The van der Waals surface area contributed by atoms with Gasteiger partial charge >= 0.3 is 6.03 Å². The first-order valence-corrected chi connectivity index (χ1v) is 10.8. The van der Waals surface area contributed by atoms with Gasteiger partial charge in [0.05, 0.1) is 31.8 Å². The molecule has 4 rings (SSSR count). The smallest absolute Gasteiger partial charge is 0.325 e. The summed E-state index contributed by atoms with van der Waals surface area (Å²) in [6, 6.07) is 10.4. The Morgan fingerprint density at radius 3 is 2.32 bits per heavy atom. The number of aromatic nitrogens is 1. The molecule has 0 aliphatic rings. The summed E-state index contributed by atoms with van der Waals surface area (Å²) in [6.45, 7) is 0. The molecule has 0 saturated heterocycles. The number of fused-ring (bicyclic) bond motifs is 1. The van der Waals surface area contributed by atoms with Crippen LogP contribution < -0.4 is 24.8 Å². The van der Waals surface area contributed by atoms with Crippen LogP contribution in [0.25, 0.3) is 10.9 Å². The van der Waals surface area contributed by atoms with Gasteiger partial charge < -0.3 is 19.5 Å². The molecular weight excluding hydrogens is 491 g/mol. The van der Waals surface area contributed by atoms with Crippen molar-refractivity contribution in [3.8, 4) is 23.0 Å². The minimum Gasteiger partial charge on any atom is -0.493 e. The first-order valence-electron chi connectivity index (χ1n) is 10.8. The fraction of sp³-hybridized carbons (Fsp3) is 0.115. The van der Waals surface area contributed by atoms with Crippen LogP contribution in [-0.2, 0) is 11.2 Å². The van der Waals surface area contributed by atoms with Crippen molar-refractivity contribution in [3.63, 3.8) is 0 Å². The Kier molecular flexibility index (Phi) is 7.42. The van der Waals surface area contributed by atoms with Gasteiger partial charge in [0.2, 0.25) is 5.91 Å². The number of methoxy groups -OCH3 is 2. The van der Waals surface area contributed by atoms with Crippen LogP contribution in [0.4, 0.5) is 23.7 Å². The van der Waals surface area contributed by atoms with E-state index in [1.54, 1.807) is 18.2 Å². The summed E-state index contributed by atoms with van der Waals surface area (Å²) >= 11 is 0. The van der Waals surface area contributed by atoms with E-state index in [0.29, 0.717) is 34.2 Å². The number of hydrogen-bond donors (Lipinski definition) is 2. The van der Waals surface area contributed by atoms with Crippen molar-refractivity contribution >= 4 is 28.5 Å². The van der Waals surface area contributed by atoms with Crippen molar-refractivity contribution in [1.29, 1.82) is 0 Å². The second-order valence-electron chi connectivity index (χ2n) is 7.69. The molecule has 0 unspecified atom stereocenters. The molecule has 1 heterocycles. The van der Waals surface area contributed by atoms with Crippen LogP contribution in [0.3, 0.4) is 0 Å². The molecule has 0 radical (unpaired) electrons. The minimum absolute atomic E-state index is 0.0981. The number of urea groups is 1. The third-order valence-electron chi connectivity index (χ3n) is 5.24. The molecule has 37 heavy (non-hydrogen) atoms. The number of hydrogen-bond acceptors (Lipinski definition) is 6. The van der Waals surface area contributed by atoms with Gasteiger partial charge in [-0.05, 0) is 35.9 Å². The maximum Gasteiger partial charge on any atom is 0.325 e. The van der Waals surface area contributed by atoms with E-state index in [9.17, 15) is 22.8 Å². The molecule has 11 heteroatoms. The minimum atomic E-state index is -1.03. The van der Waals surface area contributed by atoms with Crippen molar-refractivity contribution in [2.75, 3.05) is 19.5 Å². The topological polar surface area (TPSA) is 98.8 Å². The largest absolute Gasteiger partial charge is 0.493 e. The molecule has 0 aliphatic carbocycles. The first-order chi connectivity index (χ1) is 17.8. The summed E-state index contributed by atoms with van der Waals surface area (Å²) in [4.78, 5) is 28.4. The summed E-state index contributed by atoms with van der Waals surface area (Å²) in [6.07, 6.45) is 1.01. The van der Waals surface area contributed by atoms with Crippen LogP contribution in [0.1, 0.15) is 5.56 Å². The monoisotopic (exact) mass is 511 g/mol. The van der Waals surface area contributed by atoms with E-state index >= 15 is 0 Å². The maximum absolute atomic E-state index is 14.7. The van der Waals surface area contributed by atoms with Gasteiger partial charge in [-0.2, -0.15) is 0 Å². The lowest BCUT2D eigenvalue weighted by Crippen LogP contribution is -2.35. The lowest BCUT2D eigenvalue weighted by molar-refractivity contribution is -0.119. The molecule has 8 nitrogen and oxygen atoms in total. The number of amides is 3. The van der Waals surface area contributed by atoms with Crippen LogP contribution in [0.5, 0.6) is 23.0 Å². The molecular formula is C26H20F3N3O5. The molecule has 3 amide bonds. The van der Waals surface area contributed by atoms with Crippen molar-refractivity contribution < 1.29 is 37.0 Å². The molecule has 2 N–H and O–H groups in total. The van der Waals surface area contributed by atoms with E-state index in [-0.39, 0.29) is 17.0 Å². The Hall–Kier alpha value is -4.80. The number of halogens is 3. The van der Waals surface area contributed by atoms with E-state index < -0.39 is 35.8 Å². The van der Waals surface area contributed by atoms with E-state index in [1.807, 2.05) is 5.32 Å². The molecule has 0 saturated carbocycles. The van der Waals surface area contributed by atoms with E-state index in [1.165, 1.54) is 32.5 Å². The number of anilines is 1. The lowest BCUT2D eigenvalue weighted by Gasteiger charge is -2.13. The average Bonchev–Trinajstić information content (AvgIpc) is 2.86. The van der Waals surface area contributed by atoms with Gasteiger partial charge in [0, 0.05) is 29.8 Å². The number of rotatable bonds is 7. The molecule has 0 fully saturated rings. The first kappa shape index (κ1) is 25.3. The van der Waals surface area contributed by atoms with Crippen molar-refractivity contribution in [2.24, 2.45) is 0 Å². The quantitative estimate of drug-likeness (QED) is 0.347. The highest BCUT2D eigenvalue weighted by atomic mass is 19.1. The van der Waals surface area contributed by atoms with E-state index in [4.69, 9.17) is 14.2 Å². The zero-order valence-corrected chi connectivity index (χ0v) is 19.6. The van der Waals surface area contributed by atoms with E-state index in [0.717, 1.165) is 18.2 Å². The molecule has 3 aromatic carbocycles. The zero-order valence-electron chi connectivity index (χ0n) is 19.6. The number of nitrogens with zero attached hydrogens (tertiary/aromatic N) is 1. The maximum atomic E-state index is 14.7. The number of carbonyl (C=O) groups excluding carboxylic acids is 2. The third-order valence-corrected chi connectivity index (χ3v) is 5.24. The number of benzene rings is 3. The Balaban J connectivity index is 1.44. The third kappa shape index (κ3) is 5.89. The normalized spacial score (nSPS) is 10.6. The van der Waals surface area contributed by atoms with Gasteiger partial charge in [-0.3, -0.25) is 15.1 Å². The second-order valence-corrected chi connectivity index (χ2v) is 7.69. The highest BCUT2D eigenvalue weighted by Crippen LogP contribution is 2.37. The van der Waals surface area contributed by atoms with Gasteiger partial charge in [0.1, 0.15) is 29.0 Å². The van der Waals surface area contributed by atoms with Crippen LogP contribution in [0, 0.1) is 17.5 Å². The fourth-order valence-corrected chi connectivity index (χ4v) is 3.49. The number of nitrogens with one attached hydrogen (secondary N) is 2. The summed E-state index contributed by atoms with van der Waals surface area (Å²) in [5.41, 5.74) is 0.242. The average molecular weight is 511 g/mol. The lowest BCUT2D eigenvalue weighted by atomic mass is 10.1. The van der Waals surface area contributed by atoms with Gasteiger partial charge in [0.25, 0.3) is 0 Å². The Morgan fingerprint density at radius 2 is 1.62 bits per heavy atom. The summed E-state index contributed by atoms with van der Waals surface area (Å²) in [5.74, 6) is -1.95.